The molecule has 0 radical (unpaired) electrons. The van der Waals surface area contributed by atoms with Crippen LogP contribution < -0.4 is 5.32 Å². The summed E-state index contributed by atoms with van der Waals surface area (Å²) in [6, 6.07) is 14.0. The number of thiophene rings is 1. The van der Waals surface area contributed by atoms with E-state index in [1.54, 1.807) is 16.2 Å². The van der Waals surface area contributed by atoms with Crippen molar-refractivity contribution < 1.29 is 9.59 Å². The van der Waals surface area contributed by atoms with E-state index >= 15 is 0 Å². The molecule has 1 aromatic carbocycles. The van der Waals surface area contributed by atoms with Gasteiger partial charge >= 0.3 is 0 Å². The largest absolute Gasteiger partial charge is 0.354 e. The predicted octanol–water partition coefficient (Wildman–Crippen LogP) is 4.60. The molecular weight excluding hydrogens is 456 g/mol. The second kappa shape index (κ2) is 9.78. The third kappa shape index (κ3) is 4.76. The minimum Gasteiger partial charge on any atom is -0.354 e. The average Bonchev–Trinajstić information content (AvgIpc) is 3.47. The van der Waals surface area contributed by atoms with Gasteiger partial charge in [-0.05, 0) is 61.7 Å². The first kappa shape index (κ1) is 24.1. The third-order valence-electron chi connectivity index (χ3n) is 7.60. The smallest absolute Gasteiger partial charge is 0.271 e. The van der Waals surface area contributed by atoms with Crippen molar-refractivity contribution in [3.05, 3.63) is 58.4 Å². The summed E-state index contributed by atoms with van der Waals surface area (Å²) >= 11 is 1.62. The van der Waals surface area contributed by atoms with Gasteiger partial charge in [0, 0.05) is 35.4 Å². The van der Waals surface area contributed by atoms with Crippen molar-refractivity contribution in [3.63, 3.8) is 0 Å². The van der Waals surface area contributed by atoms with Crippen molar-refractivity contribution in [3.8, 4) is 0 Å². The van der Waals surface area contributed by atoms with Crippen molar-refractivity contribution in [2.75, 3.05) is 26.2 Å². The number of para-hydroxylation sites is 1. The molecule has 2 aliphatic rings. The molecule has 0 unspecified atom stereocenters. The molecule has 0 bridgehead atoms. The molecule has 1 N–H and O–H groups in total. The van der Waals surface area contributed by atoms with Gasteiger partial charge < -0.3 is 19.7 Å². The molecule has 0 saturated carbocycles. The highest BCUT2D eigenvalue weighted by molar-refractivity contribution is 7.09. The number of nitrogens with one attached hydrogen (secondary N) is 1. The maximum absolute atomic E-state index is 13.8. The monoisotopic (exact) mass is 492 g/mol. The molecule has 4 heterocycles. The van der Waals surface area contributed by atoms with E-state index in [2.05, 4.69) is 24.1 Å². The molecule has 3 aromatic rings. The van der Waals surface area contributed by atoms with Crippen molar-refractivity contribution >= 4 is 34.1 Å². The minimum atomic E-state index is -0.968. The molecule has 1 saturated heterocycles. The molecular formula is C28H36N4O2S. The molecule has 7 heteroatoms. The van der Waals surface area contributed by atoms with Crippen LogP contribution in [0.25, 0.3) is 10.9 Å². The molecule has 2 aromatic heterocycles. The highest BCUT2D eigenvalue weighted by atomic mass is 32.1. The molecule has 0 aliphatic carbocycles. The number of fused-ring (bicyclic) bond motifs is 3. The lowest BCUT2D eigenvalue weighted by Gasteiger charge is -2.44. The van der Waals surface area contributed by atoms with E-state index < -0.39 is 5.54 Å². The van der Waals surface area contributed by atoms with Crippen molar-refractivity contribution in [2.45, 2.75) is 52.2 Å². The summed E-state index contributed by atoms with van der Waals surface area (Å²) < 4.78 is 2.03. The fourth-order valence-corrected chi connectivity index (χ4v) is 6.67. The Balaban J connectivity index is 1.33. The molecule has 5 rings (SSSR count). The quantitative estimate of drug-likeness (QED) is 0.491. The Kier molecular flexibility index (Phi) is 6.73. The number of hydrogen-bond donors (Lipinski definition) is 1. The van der Waals surface area contributed by atoms with Crippen LogP contribution in [0.4, 0.5) is 0 Å². The van der Waals surface area contributed by atoms with Gasteiger partial charge in [0.05, 0.1) is 13.1 Å². The number of carbonyl (C=O) groups excluding carboxylic acids is 2. The molecule has 0 spiro atoms. The van der Waals surface area contributed by atoms with E-state index in [0.717, 1.165) is 53.7 Å². The molecule has 6 nitrogen and oxygen atoms in total. The number of aromatic nitrogens is 1. The van der Waals surface area contributed by atoms with Crippen LogP contribution in [0.5, 0.6) is 0 Å². The lowest BCUT2D eigenvalue weighted by atomic mass is 9.92. The zero-order valence-corrected chi connectivity index (χ0v) is 21.8. The number of carbonyl (C=O) groups is 2. The SMILES string of the molecule is C[C@@H]1C[C@H](C)CN(CCCNC(=O)[C@@]2(C)Cn3c(cc4ccccc43)C(=O)N2Cc2cccs2)C1. The zero-order valence-electron chi connectivity index (χ0n) is 21.0. The Morgan fingerprint density at radius 1 is 1.14 bits per heavy atom. The predicted molar refractivity (Wildman–Crippen MR) is 142 cm³/mol. The van der Waals surface area contributed by atoms with Gasteiger partial charge in [-0.2, -0.15) is 0 Å². The van der Waals surface area contributed by atoms with E-state index in [1.165, 1.54) is 6.42 Å². The topological polar surface area (TPSA) is 57.6 Å². The van der Waals surface area contributed by atoms with Crippen LogP contribution in [0, 0.1) is 11.8 Å². The maximum atomic E-state index is 13.8. The van der Waals surface area contributed by atoms with Crippen molar-refractivity contribution in [1.82, 2.24) is 19.7 Å². The first-order chi connectivity index (χ1) is 16.8. The van der Waals surface area contributed by atoms with Gasteiger partial charge in [0.25, 0.3) is 5.91 Å². The number of hydrogen-bond acceptors (Lipinski definition) is 4. The van der Waals surface area contributed by atoms with Gasteiger partial charge in [-0.3, -0.25) is 9.59 Å². The Morgan fingerprint density at radius 2 is 1.91 bits per heavy atom. The normalized spacial score (nSPS) is 25.1. The standard InChI is InChI=1S/C28H36N4O2S/c1-20-14-21(2)17-30(16-20)12-7-11-29-27(34)28(3)19-31-24-10-5-4-8-22(24)15-25(31)26(33)32(28)18-23-9-6-13-35-23/h4-6,8-10,13,15,20-21H,7,11-12,14,16-19H2,1-3H3,(H,29,34)/t20-,21+,28-/m1/s1. The molecule has 186 valence electrons. The van der Waals surface area contributed by atoms with Gasteiger partial charge in [-0.25, -0.2) is 0 Å². The summed E-state index contributed by atoms with van der Waals surface area (Å²) in [6.45, 7) is 11.3. The summed E-state index contributed by atoms with van der Waals surface area (Å²) in [7, 11) is 0. The lowest BCUT2D eigenvalue weighted by molar-refractivity contribution is -0.133. The van der Waals surface area contributed by atoms with E-state index in [1.807, 2.05) is 59.3 Å². The Labute approximate surface area is 211 Å². The van der Waals surface area contributed by atoms with E-state index in [4.69, 9.17) is 0 Å². The highest BCUT2D eigenvalue weighted by Crippen LogP contribution is 2.34. The van der Waals surface area contributed by atoms with Gasteiger partial charge in [0.1, 0.15) is 11.2 Å². The number of benzene rings is 1. The number of amides is 2. The summed E-state index contributed by atoms with van der Waals surface area (Å²) in [6.07, 6.45) is 2.22. The van der Waals surface area contributed by atoms with Crippen LogP contribution in [0.3, 0.4) is 0 Å². The Hall–Kier alpha value is -2.64. The van der Waals surface area contributed by atoms with Crippen molar-refractivity contribution in [2.24, 2.45) is 11.8 Å². The van der Waals surface area contributed by atoms with E-state index in [-0.39, 0.29) is 11.8 Å². The number of piperidine rings is 1. The fraction of sp³-hybridized carbons (Fsp3) is 0.500. The summed E-state index contributed by atoms with van der Waals surface area (Å²) in [5, 5.41) is 6.23. The summed E-state index contributed by atoms with van der Waals surface area (Å²) in [4.78, 5) is 32.8. The van der Waals surface area contributed by atoms with Crippen molar-refractivity contribution in [1.29, 1.82) is 0 Å². The van der Waals surface area contributed by atoms with E-state index in [9.17, 15) is 9.59 Å². The Bertz CT molecular complexity index is 1190. The van der Waals surface area contributed by atoms with Gasteiger partial charge in [-0.1, -0.05) is 38.1 Å². The second-order valence-corrected chi connectivity index (χ2v) is 11.8. The summed E-state index contributed by atoms with van der Waals surface area (Å²) in [5.41, 5.74) is 0.685. The zero-order chi connectivity index (χ0) is 24.6. The van der Waals surface area contributed by atoms with Gasteiger partial charge in [0.15, 0.2) is 0 Å². The van der Waals surface area contributed by atoms with Crippen LogP contribution >= 0.6 is 11.3 Å². The van der Waals surface area contributed by atoms with Gasteiger partial charge in [0.2, 0.25) is 5.91 Å². The molecule has 2 amide bonds. The molecule has 3 atom stereocenters. The number of nitrogens with zero attached hydrogens (tertiary/aromatic N) is 3. The first-order valence-electron chi connectivity index (χ1n) is 12.8. The lowest BCUT2D eigenvalue weighted by Crippen LogP contribution is -2.63. The fourth-order valence-electron chi connectivity index (χ4n) is 5.98. The van der Waals surface area contributed by atoms with Crippen LogP contribution in [0.15, 0.2) is 47.8 Å². The minimum absolute atomic E-state index is 0.0776. The van der Waals surface area contributed by atoms with Crippen LogP contribution in [-0.4, -0.2) is 57.9 Å². The molecule has 2 aliphatic heterocycles. The highest BCUT2D eigenvalue weighted by Gasteiger charge is 2.47. The summed E-state index contributed by atoms with van der Waals surface area (Å²) in [5.74, 6) is 1.30. The number of likely N-dealkylation sites (tertiary alicyclic amines) is 1. The van der Waals surface area contributed by atoms with Crippen LogP contribution in [-0.2, 0) is 17.9 Å². The molecule has 35 heavy (non-hydrogen) atoms. The van der Waals surface area contributed by atoms with E-state index in [0.29, 0.717) is 25.3 Å². The first-order valence-corrected chi connectivity index (χ1v) is 13.7. The maximum Gasteiger partial charge on any atom is 0.271 e. The van der Waals surface area contributed by atoms with Crippen LogP contribution in [0.2, 0.25) is 0 Å². The number of rotatable bonds is 7. The second-order valence-electron chi connectivity index (χ2n) is 10.7. The molecule has 1 fully saturated rings. The average molecular weight is 493 g/mol. The van der Waals surface area contributed by atoms with Crippen LogP contribution in [0.1, 0.15) is 49.0 Å². The van der Waals surface area contributed by atoms with Gasteiger partial charge in [-0.15, -0.1) is 11.3 Å². The third-order valence-corrected chi connectivity index (χ3v) is 8.46. The Morgan fingerprint density at radius 3 is 2.66 bits per heavy atom.